The highest BCUT2D eigenvalue weighted by Gasteiger charge is 2.40. The van der Waals surface area contributed by atoms with Crippen molar-refractivity contribution >= 4 is 24.0 Å². The summed E-state index contributed by atoms with van der Waals surface area (Å²) in [5, 5.41) is 10.7. The average Bonchev–Trinajstić information content (AvgIpc) is 2.92. The zero-order valence-corrected chi connectivity index (χ0v) is 20.2. The van der Waals surface area contributed by atoms with Crippen molar-refractivity contribution in [1.82, 2.24) is 20.3 Å². The number of hydrogen-bond acceptors (Lipinski definition) is 8. The number of aromatic nitrogens is 3. The number of aliphatic imine (C=N–C) groups is 1. The van der Waals surface area contributed by atoms with Crippen LogP contribution in [0, 0.1) is 28.9 Å². The van der Waals surface area contributed by atoms with Crippen LogP contribution in [0.5, 0.6) is 0 Å². The molecule has 4 N–H and O–H groups in total. The maximum Gasteiger partial charge on any atom is 0.417 e. The first-order valence-electron chi connectivity index (χ1n) is 11.6. The Morgan fingerprint density at radius 2 is 1.77 bits per heavy atom. The Bertz CT molecular complexity index is 1410. The number of hydrogen-bond donors (Lipinski definition) is 3. The number of nitrogens with two attached hydrogens (primary N) is 1. The van der Waals surface area contributed by atoms with Gasteiger partial charge in [0.2, 0.25) is 0 Å². The highest BCUT2D eigenvalue weighted by atomic mass is 19.4. The number of rotatable bonds is 9. The smallest absolute Gasteiger partial charge is 0.382 e. The third-order valence-electron chi connectivity index (χ3n) is 6.01. The van der Waals surface area contributed by atoms with E-state index in [1.54, 1.807) is 12.1 Å². The van der Waals surface area contributed by atoms with Crippen LogP contribution in [-0.4, -0.2) is 45.5 Å². The summed E-state index contributed by atoms with van der Waals surface area (Å²) in [5.41, 5.74) is 6.34. The number of halogens is 5. The minimum atomic E-state index is -4.74. The number of allylic oxidation sites excluding steroid dienone is 1. The van der Waals surface area contributed by atoms with Crippen LogP contribution in [0.15, 0.2) is 65.6 Å². The summed E-state index contributed by atoms with van der Waals surface area (Å²) in [7, 11) is 0. The monoisotopic (exact) mass is 543 g/mol. The van der Waals surface area contributed by atoms with Gasteiger partial charge in [-0.25, -0.2) is 18.7 Å². The fourth-order valence-electron chi connectivity index (χ4n) is 3.95. The SMILES string of the molecule is N=CC(Cc1ccc(F)c(F)c1)C(=O)C1C=C(C(F)(F)F)C=NC1NCc1ccc(-c2cnc(N)cn2)nc1. The molecule has 0 fully saturated rings. The number of nitrogens with one attached hydrogen (secondary N) is 2. The summed E-state index contributed by atoms with van der Waals surface area (Å²) in [6.07, 6.45) is 0.590. The lowest BCUT2D eigenvalue weighted by Gasteiger charge is -2.28. The van der Waals surface area contributed by atoms with Crippen molar-refractivity contribution in [3.05, 3.63) is 83.3 Å². The Morgan fingerprint density at radius 1 is 1.03 bits per heavy atom. The molecular weight excluding hydrogens is 521 g/mol. The van der Waals surface area contributed by atoms with Crippen LogP contribution in [0.1, 0.15) is 11.1 Å². The molecule has 13 heteroatoms. The molecule has 0 bridgehead atoms. The van der Waals surface area contributed by atoms with Gasteiger partial charge in [0.1, 0.15) is 17.7 Å². The summed E-state index contributed by atoms with van der Waals surface area (Å²) in [5.74, 6) is -5.24. The van der Waals surface area contributed by atoms with Crippen LogP contribution in [0.25, 0.3) is 11.4 Å². The molecule has 1 aliphatic heterocycles. The molecule has 2 aromatic heterocycles. The number of alkyl halides is 3. The van der Waals surface area contributed by atoms with E-state index in [0.717, 1.165) is 24.4 Å². The molecule has 0 saturated heterocycles. The number of nitrogen functional groups attached to an aromatic ring is 1. The van der Waals surface area contributed by atoms with E-state index in [1.165, 1.54) is 24.7 Å². The normalized spacial score (nSPS) is 17.9. The van der Waals surface area contributed by atoms with Gasteiger partial charge in [0.05, 0.1) is 35.5 Å². The van der Waals surface area contributed by atoms with Gasteiger partial charge in [0.25, 0.3) is 0 Å². The van der Waals surface area contributed by atoms with E-state index in [4.69, 9.17) is 11.1 Å². The molecule has 3 heterocycles. The van der Waals surface area contributed by atoms with Gasteiger partial charge in [-0.2, -0.15) is 13.2 Å². The summed E-state index contributed by atoms with van der Waals surface area (Å²) < 4.78 is 67.2. The van der Waals surface area contributed by atoms with Gasteiger partial charge >= 0.3 is 6.18 Å². The first-order chi connectivity index (χ1) is 18.5. The molecule has 1 aliphatic rings. The maximum absolute atomic E-state index is 13.6. The number of anilines is 1. The Labute approximate surface area is 219 Å². The molecule has 0 amide bonds. The summed E-state index contributed by atoms with van der Waals surface area (Å²) in [6, 6.07) is 6.42. The first-order valence-corrected chi connectivity index (χ1v) is 11.6. The lowest BCUT2D eigenvalue weighted by Crippen LogP contribution is -2.43. The molecule has 39 heavy (non-hydrogen) atoms. The maximum atomic E-state index is 13.6. The van der Waals surface area contributed by atoms with Crippen molar-refractivity contribution in [3.8, 4) is 11.4 Å². The number of Topliss-reactive ketones (excluding diaryl/α,β-unsaturated/α-hetero) is 1. The zero-order chi connectivity index (χ0) is 28.2. The zero-order valence-electron chi connectivity index (χ0n) is 20.2. The van der Waals surface area contributed by atoms with E-state index in [1.807, 2.05) is 0 Å². The average molecular weight is 544 g/mol. The van der Waals surface area contributed by atoms with Gasteiger partial charge in [-0.1, -0.05) is 18.2 Å². The molecular formula is C26H22F5N7O. The predicted octanol–water partition coefficient (Wildman–Crippen LogP) is 4.08. The summed E-state index contributed by atoms with van der Waals surface area (Å²) in [4.78, 5) is 29.7. The van der Waals surface area contributed by atoms with Crippen molar-refractivity contribution in [1.29, 1.82) is 5.41 Å². The molecule has 0 saturated carbocycles. The molecule has 3 atom stereocenters. The predicted molar refractivity (Wildman–Crippen MR) is 134 cm³/mol. The van der Waals surface area contributed by atoms with E-state index in [2.05, 4.69) is 25.3 Å². The number of ketones is 1. The quantitative estimate of drug-likeness (QED) is 0.276. The van der Waals surface area contributed by atoms with Crippen LogP contribution >= 0.6 is 0 Å². The van der Waals surface area contributed by atoms with Gasteiger partial charge in [-0.3, -0.25) is 20.1 Å². The number of pyridine rings is 1. The first kappa shape index (κ1) is 27.6. The fourth-order valence-corrected chi connectivity index (χ4v) is 3.95. The van der Waals surface area contributed by atoms with Crippen LogP contribution in [0.2, 0.25) is 0 Å². The Balaban J connectivity index is 1.51. The highest BCUT2D eigenvalue weighted by Crippen LogP contribution is 2.31. The lowest BCUT2D eigenvalue weighted by atomic mass is 9.85. The number of nitrogens with zero attached hydrogens (tertiary/aromatic N) is 4. The molecule has 3 aromatic rings. The van der Waals surface area contributed by atoms with Crippen molar-refractivity contribution in [2.75, 3.05) is 5.73 Å². The van der Waals surface area contributed by atoms with Crippen LogP contribution < -0.4 is 11.1 Å². The summed E-state index contributed by atoms with van der Waals surface area (Å²) >= 11 is 0. The minimum Gasteiger partial charge on any atom is -0.382 e. The highest BCUT2D eigenvalue weighted by molar-refractivity contribution is 5.98. The Kier molecular flexibility index (Phi) is 8.19. The number of carbonyl (C=O) groups is 1. The second-order valence-corrected chi connectivity index (χ2v) is 8.76. The third kappa shape index (κ3) is 6.74. The Hall–Kier alpha value is -4.39. The fraction of sp³-hybridized carbons (Fsp3) is 0.231. The molecule has 0 radical (unpaired) electrons. The van der Waals surface area contributed by atoms with E-state index < -0.39 is 47.2 Å². The van der Waals surface area contributed by atoms with Crippen molar-refractivity contribution in [2.45, 2.75) is 25.3 Å². The van der Waals surface area contributed by atoms with E-state index in [0.29, 0.717) is 23.2 Å². The van der Waals surface area contributed by atoms with Crippen LogP contribution in [-0.2, 0) is 17.8 Å². The second-order valence-electron chi connectivity index (χ2n) is 8.76. The van der Waals surface area contributed by atoms with Crippen molar-refractivity contribution in [3.63, 3.8) is 0 Å². The van der Waals surface area contributed by atoms with Gasteiger partial charge in [0, 0.05) is 25.2 Å². The third-order valence-corrected chi connectivity index (χ3v) is 6.01. The molecule has 4 rings (SSSR count). The molecule has 3 unspecified atom stereocenters. The largest absolute Gasteiger partial charge is 0.417 e. The standard InChI is InChI=1S/C26H22F5N7O/c27-19-3-1-14(6-20(19)28)5-16(8-32)24(39)18-7-17(26(29,30)31)11-38-25(18)37-10-15-2-4-21(34-9-15)22-12-36-23(33)13-35-22/h1-4,6-9,11-13,16,18,25,32,37H,5,10H2,(H2,33,36). The van der Waals surface area contributed by atoms with Crippen molar-refractivity contribution in [2.24, 2.45) is 16.8 Å². The minimum absolute atomic E-state index is 0.111. The van der Waals surface area contributed by atoms with Crippen LogP contribution in [0.4, 0.5) is 27.8 Å². The van der Waals surface area contributed by atoms with Crippen LogP contribution in [0.3, 0.4) is 0 Å². The van der Waals surface area contributed by atoms with Crippen molar-refractivity contribution < 1.29 is 26.7 Å². The van der Waals surface area contributed by atoms with Gasteiger partial charge < -0.3 is 11.1 Å². The molecule has 0 aliphatic carbocycles. The van der Waals surface area contributed by atoms with E-state index >= 15 is 0 Å². The molecule has 202 valence electrons. The molecule has 8 nitrogen and oxygen atoms in total. The summed E-state index contributed by atoms with van der Waals surface area (Å²) in [6.45, 7) is 0.111. The van der Waals surface area contributed by atoms with E-state index in [-0.39, 0.29) is 24.3 Å². The number of benzene rings is 1. The second kappa shape index (κ2) is 11.6. The number of dihydropyridines is 1. The lowest BCUT2D eigenvalue weighted by molar-refractivity contribution is -0.124. The molecule has 0 spiro atoms. The topological polar surface area (TPSA) is 130 Å². The van der Waals surface area contributed by atoms with Gasteiger partial charge in [-0.15, -0.1) is 0 Å². The Morgan fingerprint density at radius 3 is 2.38 bits per heavy atom. The van der Waals surface area contributed by atoms with E-state index in [9.17, 15) is 26.7 Å². The van der Waals surface area contributed by atoms with Gasteiger partial charge in [-0.05, 0) is 35.7 Å². The number of carbonyl (C=O) groups excluding carboxylic acids is 1. The molecule has 1 aromatic carbocycles. The van der Waals surface area contributed by atoms with Gasteiger partial charge in [0.15, 0.2) is 17.4 Å².